The minimum absolute atomic E-state index is 0.0771. The summed E-state index contributed by atoms with van der Waals surface area (Å²) in [4.78, 5) is 18.7. The Balaban J connectivity index is 2.40. The van der Waals surface area contributed by atoms with Gasteiger partial charge in [0.1, 0.15) is 6.26 Å². The van der Waals surface area contributed by atoms with E-state index in [0.29, 0.717) is 11.7 Å². The van der Waals surface area contributed by atoms with Crippen LogP contribution in [0.4, 0.5) is 5.82 Å². The molecular weight excluding hydrogens is 230 g/mol. The van der Waals surface area contributed by atoms with Crippen LogP contribution < -0.4 is 10.2 Å². The van der Waals surface area contributed by atoms with Crippen LogP contribution in [0.2, 0.25) is 0 Å². The number of carbonyl (C=O) groups excluding carboxylic acids is 1. The predicted molar refractivity (Wildman–Crippen MR) is 69.5 cm³/mol. The molecule has 0 radical (unpaired) electrons. The fourth-order valence-corrected chi connectivity index (χ4v) is 2.57. The van der Waals surface area contributed by atoms with Crippen molar-refractivity contribution in [3.05, 3.63) is 12.2 Å². The van der Waals surface area contributed by atoms with Crippen LogP contribution in [0, 0.1) is 6.92 Å². The Morgan fingerprint density at radius 3 is 2.83 bits per heavy atom. The van der Waals surface area contributed by atoms with Gasteiger partial charge < -0.3 is 9.73 Å². The number of hydrogen-bond acceptors (Lipinski definition) is 4. The number of nitrogens with one attached hydrogen (secondary N) is 1. The number of carbonyl (C=O) groups is 1. The van der Waals surface area contributed by atoms with Gasteiger partial charge in [0, 0.05) is 12.5 Å². The number of oxazole rings is 1. The minimum Gasteiger partial charge on any atom is -0.447 e. The fraction of sp³-hybridized carbons (Fsp3) is 0.692. The van der Waals surface area contributed by atoms with Gasteiger partial charge in [0.15, 0.2) is 11.7 Å². The monoisotopic (exact) mass is 251 g/mol. The lowest BCUT2D eigenvalue weighted by Crippen LogP contribution is -2.52. The van der Waals surface area contributed by atoms with E-state index in [1.54, 1.807) is 18.1 Å². The van der Waals surface area contributed by atoms with Gasteiger partial charge in [-0.15, -0.1) is 0 Å². The van der Waals surface area contributed by atoms with Crippen LogP contribution in [0.5, 0.6) is 0 Å². The SMILES string of the molecule is CNC1CCCC(C)(C)N(c2coc(C)n2)C1=O. The molecule has 0 aromatic carbocycles. The van der Waals surface area contributed by atoms with Crippen molar-refractivity contribution in [2.24, 2.45) is 0 Å². The van der Waals surface area contributed by atoms with Gasteiger partial charge >= 0.3 is 0 Å². The third-order valence-electron chi connectivity index (χ3n) is 3.59. The molecule has 1 amide bonds. The quantitative estimate of drug-likeness (QED) is 0.871. The first-order chi connectivity index (χ1) is 8.45. The minimum atomic E-state index is -0.230. The van der Waals surface area contributed by atoms with Crippen molar-refractivity contribution in [2.45, 2.75) is 51.6 Å². The molecule has 1 aromatic heterocycles. The summed E-state index contributed by atoms with van der Waals surface area (Å²) in [7, 11) is 1.83. The molecule has 1 aromatic rings. The standard InChI is InChI=1S/C13H21N3O2/c1-9-15-11(8-18-9)16-12(17)10(14-4)6-5-7-13(16,2)3/h8,10,14H,5-7H2,1-4H3. The number of rotatable bonds is 2. The fourth-order valence-electron chi connectivity index (χ4n) is 2.57. The second-order valence-corrected chi connectivity index (χ2v) is 5.44. The van der Waals surface area contributed by atoms with Crippen molar-refractivity contribution >= 4 is 11.7 Å². The molecule has 100 valence electrons. The first-order valence-corrected chi connectivity index (χ1v) is 6.39. The van der Waals surface area contributed by atoms with Gasteiger partial charge in [0.05, 0.1) is 6.04 Å². The van der Waals surface area contributed by atoms with Gasteiger partial charge in [-0.25, -0.2) is 0 Å². The van der Waals surface area contributed by atoms with E-state index in [4.69, 9.17) is 4.42 Å². The molecule has 1 unspecified atom stereocenters. The van der Waals surface area contributed by atoms with Crippen molar-refractivity contribution < 1.29 is 9.21 Å². The molecule has 1 saturated heterocycles. The number of likely N-dealkylation sites (N-methyl/N-ethyl adjacent to an activating group) is 1. The first kappa shape index (κ1) is 13.1. The number of hydrogen-bond donors (Lipinski definition) is 1. The third kappa shape index (κ3) is 2.27. The zero-order valence-corrected chi connectivity index (χ0v) is 11.5. The lowest BCUT2D eigenvalue weighted by Gasteiger charge is -2.36. The van der Waals surface area contributed by atoms with Crippen molar-refractivity contribution in [2.75, 3.05) is 11.9 Å². The molecule has 1 fully saturated rings. The maximum absolute atomic E-state index is 12.6. The molecule has 18 heavy (non-hydrogen) atoms. The Hall–Kier alpha value is -1.36. The molecule has 0 spiro atoms. The Bertz CT molecular complexity index is 439. The summed E-state index contributed by atoms with van der Waals surface area (Å²) < 4.78 is 5.24. The summed E-state index contributed by atoms with van der Waals surface area (Å²) >= 11 is 0. The third-order valence-corrected chi connectivity index (χ3v) is 3.59. The van der Waals surface area contributed by atoms with E-state index < -0.39 is 0 Å². The second kappa shape index (κ2) is 4.72. The van der Waals surface area contributed by atoms with Crippen LogP contribution in [0.25, 0.3) is 0 Å². The lowest BCUT2D eigenvalue weighted by molar-refractivity contribution is -0.121. The van der Waals surface area contributed by atoms with Crippen molar-refractivity contribution in [1.82, 2.24) is 10.3 Å². The summed E-state index contributed by atoms with van der Waals surface area (Å²) in [5.41, 5.74) is -0.230. The van der Waals surface area contributed by atoms with E-state index >= 15 is 0 Å². The van der Waals surface area contributed by atoms with Crippen LogP contribution in [-0.2, 0) is 4.79 Å². The van der Waals surface area contributed by atoms with E-state index in [1.165, 1.54) is 0 Å². The molecular formula is C13H21N3O2. The zero-order chi connectivity index (χ0) is 13.3. The van der Waals surface area contributed by atoms with E-state index in [9.17, 15) is 4.79 Å². The smallest absolute Gasteiger partial charge is 0.245 e. The summed E-state index contributed by atoms with van der Waals surface area (Å²) in [5.74, 6) is 1.27. The molecule has 5 heteroatoms. The Labute approximate surface area is 108 Å². The maximum atomic E-state index is 12.6. The molecule has 2 heterocycles. The maximum Gasteiger partial charge on any atom is 0.245 e. The summed E-state index contributed by atoms with van der Waals surface area (Å²) in [5, 5.41) is 3.09. The van der Waals surface area contributed by atoms with E-state index in [0.717, 1.165) is 19.3 Å². The van der Waals surface area contributed by atoms with Gasteiger partial charge in [-0.1, -0.05) is 0 Å². The predicted octanol–water partition coefficient (Wildman–Crippen LogP) is 1.87. The molecule has 2 rings (SSSR count). The van der Waals surface area contributed by atoms with E-state index in [-0.39, 0.29) is 17.5 Å². The molecule has 1 atom stereocenters. The molecule has 1 N–H and O–H groups in total. The Kier molecular flexibility index (Phi) is 3.43. The average Bonchev–Trinajstić information content (AvgIpc) is 2.65. The Morgan fingerprint density at radius 2 is 2.28 bits per heavy atom. The van der Waals surface area contributed by atoms with Crippen LogP contribution in [0.1, 0.15) is 39.0 Å². The largest absolute Gasteiger partial charge is 0.447 e. The van der Waals surface area contributed by atoms with Gasteiger partial charge in [-0.3, -0.25) is 9.69 Å². The van der Waals surface area contributed by atoms with Crippen LogP contribution in [0.15, 0.2) is 10.7 Å². The normalized spacial score (nSPS) is 24.1. The molecule has 0 bridgehead atoms. The average molecular weight is 251 g/mol. The molecule has 0 aliphatic carbocycles. The Morgan fingerprint density at radius 1 is 1.56 bits per heavy atom. The van der Waals surface area contributed by atoms with Gasteiger partial charge in [-0.2, -0.15) is 4.98 Å². The van der Waals surface area contributed by atoms with Crippen molar-refractivity contribution in [1.29, 1.82) is 0 Å². The number of nitrogens with zero attached hydrogens (tertiary/aromatic N) is 2. The molecule has 1 aliphatic heterocycles. The van der Waals surface area contributed by atoms with E-state index in [2.05, 4.69) is 24.1 Å². The van der Waals surface area contributed by atoms with Gasteiger partial charge in [0.25, 0.3) is 0 Å². The number of aromatic nitrogens is 1. The van der Waals surface area contributed by atoms with Crippen LogP contribution >= 0.6 is 0 Å². The second-order valence-electron chi connectivity index (χ2n) is 5.44. The molecule has 5 nitrogen and oxygen atoms in total. The lowest BCUT2D eigenvalue weighted by atomic mass is 9.97. The number of aryl methyl sites for hydroxylation is 1. The van der Waals surface area contributed by atoms with Crippen LogP contribution in [0.3, 0.4) is 0 Å². The van der Waals surface area contributed by atoms with Crippen molar-refractivity contribution in [3.63, 3.8) is 0 Å². The topological polar surface area (TPSA) is 58.4 Å². The molecule has 0 saturated carbocycles. The van der Waals surface area contributed by atoms with Crippen molar-refractivity contribution in [3.8, 4) is 0 Å². The highest BCUT2D eigenvalue weighted by molar-refractivity contribution is 5.97. The highest BCUT2D eigenvalue weighted by atomic mass is 16.3. The zero-order valence-electron chi connectivity index (χ0n) is 11.5. The summed E-state index contributed by atoms with van der Waals surface area (Å²) in [6.07, 6.45) is 4.42. The first-order valence-electron chi connectivity index (χ1n) is 6.39. The van der Waals surface area contributed by atoms with Crippen LogP contribution in [-0.4, -0.2) is 29.5 Å². The van der Waals surface area contributed by atoms with Gasteiger partial charge in [0.2, 0.25) is 5.91 Å². The van der Waals surface area contributed by atoms with Gasteiger partial charge in [-0.05, 0) is 40.2 Å². The molecule has 1 aliphatic rings. The highest BCUT2D eigenvalue weighted by Gasteiger charge is 2.39. The summed E-state index contributed by atoms with van der Waals surface area (Å²) in [6.45, 7) is 5.94. The number of anilines is 1. The summed E-state index contributed by atoms with van der Waals surface area (Å²) in [6, 6.07) is -0.135. The van der Waals surface area contributed by atoms with E-state index in [1.807, 2.05) is 7.05 Å². The number of amides is 1. The highest BCUT2D eigenvalue weighted by Crippen LogP contribution is 2.31.